The lowest BCUT2D eigenvalue weighted by molar-refractivity contribution is -0.123. The maximum atomic E-state index is 12.8. The van der Waals surface area contributed by atoms with E-state index in [1.807, 2.05) is 31.2 Å². The minimum atomic E-state index is -0.279. The predicted octanol–water partition coefficient (Wildman–Crippen LogP) is 2.60. The van der Waals surface area contributed by atoms with E-state index in [4.69, 9.17) is 0 Å². The van der Waals surface area contributed by atoms with E-state index in [-0.39, 0.29) is 17.9 Å². The molecule has 2 fully saturated rings. The third kappa shape index (κ3) is 2.80. The van der Waals surface area contributed by atoms with Gasteiger partial charge in [0.15, 0.2) is 0 Å². The van der Waals surface area contributed by atoms with Crippen molar-refractivity contribution in [1.82, 2.24) is 4.90 Å². The topological polar surface area (TPSA) is 40.6 Å². The number of hydrogen-bond acceptors (Lipinski definition) is 3. The number of likely N-dealkylation sites (tertiary alicyclic amines) is 1. The van der Waals surface area contributed by atoms with Gasteiger partial charge in [-0.05, 0) is 37.3 Å². The summed E-state index contributed by atoms with van der Waals surface area (Å²) in [5.74, 6) is 1.03. The number of carbonyl (C=O) groups excluding carboxylic acids is 2. The third-order valence-corrected chi connectivity index (χ3v) is 4.75. The molecule has 0 spiro atoms. The number of anilines is 1. The molecule has 3 atom stereocenters. The van der Waals surface area contributed by atoms with Crippen molar-refractivity contribution in [3.8, 4) is 0 Å². The highest BCUT2D eigenvalue weighted by atomic mass is 16.2. The lowest BCUT2D eigenvalue weighted by Gasteiger charge is -2.37. The van der Waals surface area contributed by atoms with Crippen LogP contribution in [0.25, 0.3) is 0 Å². The molecule has 0 saturated carbocycles. The number of hydrogen-bond donors (Lipinski definition) is 0. The van der Waals surface area contributed by atoms with Crippen LogP contribution >= 0.6 is 0 Å². The molecule has 118 valence electrons. The van der Waals surface area contributed by atoms with E-state index in [1.165, 1.54) is 11.3 Å². The van der Waals surface area contributed by atoms with Gasteiger partial charge in [-0.1, -0.05) is 31.5 Å². The van der Waals surface area contributed by atoms with Crippen molar-refractivity contribution in [2.75, 3.05) is 18.0 Å². The minimum Gasteiger partial charge on any atom is -0.291 e. The van der Waals surface area contributed by atoms with Crippen LogP contribution in [0.5, 0.6) is 0 Å². The first-order valence-electron chi connectivity index (χ1n) is 8.13. The zero-order valence-electron chi connectivity index (χ0n) is 13.6. The molecule has 1 aromatic rings. The number of piperidine rings is 1. The van der Waals surface area contributed by atoms with Crippen LogP contribution in [0, 0.1) is 18.8 Å². The fraction of sp³-hybridized carbons (Fsp3) is 0.556. The Kier molecular flexibility index (Phi) is 4.04. The summed E-state index contributed by atoms with van der Waals surface area (Å²) in [4.78, 5) is 28.7. The molecule has 1 aromatic carbocycles. The Bertz CT molecular complexity index is 571. The monoisotopic (exact) mass is 300 g/mol. The van der Waals surface area contributed by atoms with Crippen molar-refractivity contribution in [3.63, 3.8) is 0 Å². The number of carbonyl (C=O) groups is 2. The standard InChI is InChI=1S/C18H24N2O2/c1-12-4-6-15(7-5-12)20-17(21)9-16(18(20)22)19-10-13(2)8-14(3)11-19/h4-7,13-14,16H,8-11H2,1-3H3/t13-,14-,16-/m0/s1. The van der Waals surface area contributed by atoms with E-state index in [1.54, 1.807) is 0 Å². The second-order valence-electron chi connectivity index (χ2n) is 7.02. The summed E-state index contributed by atoms with van der Waals surface area (Å²) in [6.45, 7) is 8.27. The zero-order valence-corrected chi connectivity index (χ0v) is 13.6. The van der Waals surface area contributed by atoms with Crippen LogP contribution in [0.15, 0.2) is 24.3 Å². The number of nitrogens with zero attached hydrogens (tertiary/aromatic N) is 2. The van der Waals surface area contributed by atoms with Gasteiger partial charge < -0.3 is 0 Å². The summed E-state index contributed by atoms with van der Waals surface area (Å²) in [5.41, 5.74) is 1.82. The molecule has 0 bridgehead atoms. The van der Waals surface area contributed by atoms with Crippen molar-refractivity contribution >= 4 is 17.5 Å². The van der Waals surface area contributed by atoms with Crippen molar-refractivity contribution in [2.24, 2.45) is 11.8 Å². The lowest BCUT2D eigenvalue weighted by Crippen LogP contribution is -2.48. The Morgan fingerprint density at radius 1 is 1.00 bits per heavy atom. The third-order valence-electron chi connectivity index (χ3n) is 4.75. The van der Waals surface area contributed by atoms with Gasteiger partial charge in [-0.15, -0.1) is 0 Å². The minimum absolute atomic E-state index is 0.0600. The first-order valence-corrected chi connectivity index (χ1v) is 8.13. The maximum Gasteiger partial charge on any atom is 0.251 e. The van der Waals surface area contributed by atoms with E-state index in [2.05, 4.69) is 18.7 Å². The molecule has 2 amide bonds. The van der Waals surface area contributed by atoms with Crippen LogP contribution in [-0.4, -0.2) is 35.8 Å². The quantitative estimate of drug-likeness (QED) is 0.788. The fourth-order valence-electron chi connectivity index (χ4n) is 3.83. The zero-order chi connectivity index (χ0) is 15.9. The SMILES string of the molecule is Cc1ccc(N2C(=O)C[C@H](N3C[C@@H](C)C[C@H](C)C3)C2=O)cc1. The van der Waals surface area contributed by atoms with Gasteiger partial charge in [0.05, 0.1) is 18.2 Å². The Morgan fingerprint density at radius 3 is 2.18 bits per heavy atom. The molecule has 4 nitrogen and oxygen atoms in total. The van der Waals surface area contributed by atoms with Crippen LogP contribution in [0.1, 0.15) is 32.3 Å². The summed E-state index contributed by atoms with van der Waals surface area (Å²) in [7, 11) is 0. The van der Waals surface area contributed by atoms with Crippen molar-refractivity contribution in [1.29, 1.82) is 0 Å². The summed E-state index contributed by atoms with van der Waals surface area (Å²) in [6, 6.07) is 7.31. The van der Waals surface area contributed by atoms with Crippen LogP contribution in [0.4, 0.5) is 5.69 Å². The Morgan fingerprint density at radius 2 is 1.59 bits per heavy atom. The number of aryl methyl sites for hydroxylation is 1. The summed E-state index contributed by atoms with van der Waals surface area (Å²) in [5, 5.41) is 0. The first-order chi connectivity index (χ1) is 10.5. The molecular weight excluding hydrogens is 276 g/mol. The number of benzene rings is 1. The molecule has 2 heterocycles. The van der Waals surface area contributed by atoms with Crippen LogP contribution in [-0.2, 0) is 9.59 Å². The van der Waals surface area contributed by atoms with Crippen molar-refractivity contribution in [2.45, 2.75) is 39.7 Å². The van der Waals surface area contributed by atoms with Gasteiger partial charge in [0.1, 0.15) is 0 Å². The average molecular weight is 300 g/mol. The Hall–Kier alpha value is -1.68. The van der Waals surface area contributed by atoms with Gasteiger partial charge in [0, 0.05) is 13.1 Å². The van der Waals surface area contributed by atoms with E-state index in [0.29, 0.717) is 23.9 Å². The van der Waals surface area contributed by atoms with E-state index >= 15 is 0 Å². The maximum absolute atomic E-state index is 12.8. The van der Waals surface area contributed by atoms with Gasteiger partial charge >= 0.3 is 0 Å². The van der Waals surface area contributed by atoms with Crippen LogP contribution < -0.4 is 4.90 Å². The second-order valence-corrected chi connectivity index (χ2v) is 7.02. The molecule has 0 unspecified atom stereocenters. The highest BCUT2D eigenvalue weighted by Crippen LogP contribution is 2.30. The molecule has 4 heteroatoms. The molecular formula is C18H24N2O2. The highest BCUT2D eigenvalue weighted by molar-refractivity contribution is 6.22. The largest absolute Gasteiger partial charge is 0.291 e. The molecule has 0 N–H and O–H groups in total. The van der Waals surface area contributed by atoms with Crippen LogP contribution in [0.2, 0.25) is 0 Å². The molecule has 0 radical (unpaired) electrons. The van der Waals surface area contributed by atoms with Gasteiger partial charge in [-0.25, -0.2) is 4.90 Å². The van der Waals surface area contributed by atoms with Gasteiger partial charge in [0.25, 0.3) is 5.91 Å². The molecule has 0 aliphatic carbocycles. The Balaban J connectivity index is 1.80. The van der Waals surface area contributed by atoms with Gasteiger partial charge in [0.2, 0.25) is 5.91 Å². The van der Waals surface area contributed by atoms with E-state index in [0.717, 1.165) is 18.7 Å². The molecule has 2 aliphatic rings. The molecule has 22 heavy (non-hydrogen) atoms. The first kappa shape index (κ1) is 15.2. The van der Waals surface area contributed by atoms with E-state index < -0.39 is 0 Å². The molecule has 2 aliphatic heterocycles. The van der Waals surface area contributed by atoms with Gasteiger partial charge in [-0.2, -0.15) is 0 Å². The van der Waals surface area contributed by atoms with E-state index in [9.17, 15) is 9.59 Å². The molecule has 3 rings (SSSR count). The summed E-state index contributed by atoms with van der Waals surface area (Å²) in [6.07, 6.45) is 1.51. The summed E-state index contributed by atoms with van der Waals surface area (Å²) >= 11 is 0. The fourth-order valence-corrected chi connectivity index (χ4v) is 3.83. The predicted molar refractivity (Wildman–Crippen MR) is 86.6 cm³/mol. The highest BCUT2D eigenvalue weighted by Gasteiger charge is 2.44. The normalized spacial score (nSPS) is 30.1. The molecule has 2 saturated heterocycles. The summed E-state index contributed by atoms with van der Waals surface area (Å²) < 4.78 is 0. The number of imide groups is 1. The van der Waals surface area contributed by atoms with Crippen molar-refractivity contribution in [3.05, 3.63) is 29.8 Å². The lowest BCUT2D eigenvalue weighted by atomic mass is 9.90. The number of amides is 2. The van der Waals surface area contributed by atoms with Crippen molar-refractivity contribution < 1.29 is 9.59 Å². The van der Waals surface area contributed by atoms with Gasteiger partial charge in [-0.3, -0.25) is 14.5 Å². The Labute approximate surface area is 132 Å². The van der Waals surface area contributed by atoms with Crippen LogP contribution in [0.3, 0.4) is 0 Å². The molecule has 0 aromatic heterocycles. The second kappa shape index (κ2) is 5.84. The smallest absolute Gasteiger partial charge is 0.251 e. The average Bonchev–Trinajstić information content (AvgIpc) is 2.74. The number of rotatable bonds is 2.